The van der Waals surface area contributed by atoms with E-state index >= 15 is 0 Å². The Bertz CT molecular complexity index is 418. The minimum atomic E-state index is -0.504. The molecular formula is C9H9BrN2O3. The monoisotopic (exact) mass is 272 g/mol. The third-order valence-corrected chi connectivity index (χ3v) is 2.17. The van der Waals surface area contributed by atoms with E-state index in [-0.39, 0.29) is 18.0 Å². The highest BCUT2D eigenvalue weighted by Crippen LogP contribution is 2.30. The summed E-state index contributed by atoms with van der Waals surface area (Å²) in [5.74, 6) is 0. The molecule has 0 aliphatic rings. The van der Waals surface area contributed by atoms with Crippen molar-refractivity contribution in [3.63, 3.8) is 0 Å². The quantitative estimate of drug-likeness (QED) is 0.522. The lowest BCUT2D eigenvalue weighted by atomic mass is 10.2. The van der Waals surface area contributed by atoms with Crippen molar-refractivity contribution in [3.8, 4) is 0 Å². The Labute approximate surface area is 94.7 Å². The molecule has 1 rings (SSSR count). The summed E-state index contributed by atoms with van der Waals surface area (Å²) in [7, 11) is 0. The van der Waals surface area contributed by atoms with Gasteiger partial charge in [0.2, 0.25) is 0 Å². The molecule has 1 N–H and O–H groups in total. The molecule has 0 atom stereocenters. The van der Waals surface area contributed by atoms with Gasteiger partial charge in [-0.2, -0.15) is 0 Å². The van der Waals surface area contributed by atoms with Crippen LogP contribution in [-0.4, -0.2) is 22.3 Å². The van der Waals surface area contributed by atoms with E-state index in [9.17, 15) is 10.1 Å². The van der Waals surface area contributed by atoms with Gasteiger partial charge in [0.25, 0.3) is 5.69 Å². The van der Waals surface area contributed by atoms with Crippen molar-refractivity contribution in [2.75, 3.05) is 6.61 Å². The molecule has 0 bridgehead atoms. The number of aliphatic hydroxyl groups is 1. The van der Waals surface area contributed by atoms with Crippen LogP contribution in [0.3, 0.4) is 0 Å². The average molecular weight is 273 g/mol. The van der Waals surface area contributed by atoms with Crippen molar-refractivity contribution in [1.82, 2.24) is 0 Å². The van der Waals surface area contributed by atoms with Crippen molar-refractivity contribution in [1.29, 1.82) is 0 Å². The molecular weight excluding hydrogens is 264 g/mol. The van der Waals surface area contributed by atoms with Gasteiger partial charge in [-0.3, -0.25) is 10.1 Å². The maximum atomic E-state index is 10.7. The van der Waals surface area contributed by atoms with Gasteiger partial charge in [0.05, 0.1) is 11.5 Å². The Balaban J connectivity index is 3.25. The number of aliphatic imine (C=N–C) groups is 1. The number of nitro benzene ring substituents is 1. The highest BCUT2D eigenvalue weighted by Gasteiger charge is 2.12. The molecule has 6 heteroatoms. The number of hydrogen-bond acceptors (Lipinski definition) is 4. The Kier molecular flexibility index (Phi) is 3.93. The van der Waals surface area contributed by atoms with E-state index < -0.39 is 4.92 Å². The highest BCUT2D eigenvalue weighted by atomic mass is 79.9. The molecule has 5 nitrogen and oxygen atoms in total. The number of nitro groups is 1. The van der Waals surface area contributed by atoms with Gasteiger partial charge in [-0.1, -0.05) is 15.9 Å². The Hall–Kier alpha value is -1.27. The van der Waals surface area contributed by atoms with E-state index in [4.69, 9.17) is 5.11 Å². The van der Waals surface area contributed by atoms with Gasteiger partial charge < -0.3 is 5.11 Å². The van der Waals surface area contributed by atoms with Crippen LogP contribution in [0.2, 0.25) is 0 Å². The molecule has 15 heavy (non-hydrogen) atoms. The first-order chi connectivity index (χ1) is 7.04. The van der Waals surface area contributed by atoms with Gasteiger partial charge >= 0.3 is 0 Å². The van der Waals surface area contributed by atoms with E-state index in [0.717, 1.165) is 0 Å². The van der Waals surface area contributed by atoms with E-state index in [0.29, 0.717) is 10.2 Å². The molecule has 0 heterocycles. The number of rotatable bonds is 3. The normalized spacial score (nSPS) is 11.5. The first-order valence-electron chi connectivity index (χ1n) is 4.13. The van der Waals surface area contributed by atoms with E-state index in [1.54, 1.807) is 13.0 Å². The van der Waals surface area contributed by atoms with E-state index in [2.05, 4.69) is 20.9 Å². The van der Waals surface area contributed by atoms with Gasteiger partial charge in [-0.25, -0.2) is 4.99 Å². The van der Waals surface area contributed by atoms with Crippen LogP contribution in [0.4, 0.5) is 11.4 Å². The van der Waals surface area contributed by atoms with Crippen LogP contribution in [0, 0.1) is 10.1 Å². The maximum absolute atomic E-state index is 10.7. The average Bonchev–Trinajstić information content (AvgIpc) is 2.17. The van der Waals surface area contributed by atoms with Crippen molar-refractivity contribution in [2.45, 2.75) is 6.92 Å². The van der Waals surface area contributed by atoms with Gasteiger partial charge in [0.1, 0.15) is 5.69 Å². The summed E-state index contributed by atoms with van der Waals surface area (Å²) in [4.78, 5) is 14.1. The first kappa shape index (κ1) is 11.8. The zero-order valence-corrected chi connectivity index (χ0v) is 9.56. The van der Waals surface area contributed by atoms with Gasteiger partial charge in [0.15, 0.2) is 0 Å². The Morgan fingerprint density at radius 3 is 2.87 bits per heavy atom. The molecule has 0 unspecified atom stereocenters. The van der Waals surface area contributed by atoms with Crippen LogP contribution in [0.1, 0.15) is 6.92 Å². The molecule has 0 aromatic heterocycles. The van der Waals surface area contributed by atoms with E-state index in [1.807, 2.05) is 0 Å². The van der Waals surface area contributed by atoms with Crippen LogP contribution >= 0.6 is 15.9 Å². The number of aliphatic hydroxyl groups excluding tert-OH is 1. The molecule has 0 radical (unpaired) electrons. The summed E-state index contributed by atoms with van der Waals surface area (Å²) in [6, 6.07) is 4.48. The summed E-state index contributed by atoms with van der Waals surface area (Å²) in [5, 5.41) is 19.4. The van der Waals surface area contributed by atoms with Crippen molar-refractivity contribution >= 4 is 33.0 Å². The van der Waals surface area contributed by atoms with Gasteiger partial charge in [-0.15, -0.1) is 0 Å². The Morgan fingerprint density at radius 1 is 1.67 bits per heavy atom. The summed E-state index contributed by atoms with van der Waals surface area (Å²) < 4.78 is 0.706. The molecule has 0 amide bonds. The van der Waals surface area contributed by atoms with Gasteiger partial charge in [0, 0.05) is 16.3 Å². The number of benzene rings is 1. The minimum Gasteiger partial charge on any atom is -0.390 e. The second kappa shape index (κ2) is 4.99. The largest absolute Gasteiger partial charge is 0.390 e. The molecule has 0 saturated carbocycles. The van der Waals surface area contributed by atoms with Crippen LogP contribution in [0.5, 0.6) is 0 Å². The Morgan fingerprint density at radius 2 is 2.33 bits per heavy atom. The lowest BCUT2D eigenvalue weighted by molar-refractivity contribution is -0.384. The molecule has 0 aliphatic heterocycles. The predicted octanol–water partition coefficient (Wildman–Crippen LogP) is 2.44. The number of halogens is 1. The predicted molar refractivity (Wildman–Crippen MR) is 60.7 cm³/mol. The second-order valence-corrected chi connectivity index (χ2v) is 3.81. The van der Waals surface area contributed by atoms with Gasteiger partial charge in [-0.05, 0) is 19.1 Å². The molecule has 0 aliphatic carbocycles. The number of hydrogen-bond donors (Lipinski definition) is 1. The van der Waals surface area contributed by atoms with Crippen LogP contribution < -0.4 is 0 Å². The fourth-order valence-electron chi connectivity index (χ4n) is 0.982. The molecule has 1 aromatic carbocycles. The molecule has 80 valence electrons. The van der Waals surface area contributed by atoms with Crippen LogP contribution in [0.25, 0.3) is 0 Å². The molecule has 0 saturated heterocycles. The minimum absolute atomic E-state index is 0.0778. The fourth-order valence-corrected chi connectivity index (χ4v) is 1.33. The maximum Gasteiger partial charge on any atom is 0.294 e. The zero-order chi connectivity index (χ0) is 11.4. The molecule has 0 fully saturated rings. The van der Waals surface area contributed by atoms with Crippen molar-refractivity contribution < 1.29 is 10.0 Å². The summed E-state index contributed by atoms with van der Waals surface area (Å²) in [5.41, 5.74) is 0.586. The third-order valence-electron chi connectivity index (χ3n) is 1.67. The molecule has 0 spiro atoms. The summed E-state index contributed by atoms with van der Waals surface area (Å²) in [6.07, 6.45) is 0. The first-order valence-corrected chi connectivity index (χ1v) is 4.93. The zero-order valence-electron chi connectivity index (χ0n) is 7.98. The smallest absolute Gasteiger partial charge is 0.294 e. The summed E-state index contributed by atoms with van der Waals surface area (Å²) >= 11 is 3.20. The second-order valence-electron chi connectivity index (χ2n) is 2.90. The summed E-state index contributed by atoms with van der Waals surface area (Å²) in [6.45, 7) is 1.38. The lowest BCUT2D eigenvalue weighted by Crippen LogP contribution is -1.97. The van der Waals surface area contributed by atoms with Crippen molar-refractivity contribution in [2.24, 2.45) is 4.99 Å². The topological polar surface area (TPSA) is 75.7 Å². The standard InChI is InChI=1S/C9H9BrN2O3/c1-6(5-13)11-8-4-7(10)2-3-9(8)12(14)15/h2-4,13H,5H2,1H3. The van der Waals surface area contributed by atoms with Crippen molar-refractivity contribution in [3.05, 3.63) is 32.8 Å². The lowest BCUT2D eigenvalue weighted by Gasteiger charge is -1.99. The fraction of sp³-hybridized carbons (Fsp3) is 0.222. The number of nitrogens with zero attached hydrogens (tertiary/aromatic N) is 2. The highest BCUT2D eigenvalue weighted by molar-refractivity contribution is 9.10. The third kappa shape index (κ3) is 3.10. The van der Waals surface area contributed by atoms with E-state index in [1.165, 1.54) is 12.1 Å². The molecule has 1 aromatic rings. The SMILES string of the molecule is CC(CO)=Nc1cc(Br)ccc1[N+](=O)[O-]. The van der Waals surface area contributed by atoms with Crippen LogP contribution in [-0.2, 0) is 0 Å². The van der Waals surface area contributed by atoms with Crippen LogP contribution in [0.15, 0.2) is 27.7 Å².